The second-order valence-electron chi connectivity index (χ2n) is 1.18. The van der Waals surface area contributed by atoms with Gasteiger partial charge in [-0.2, -0.15) is 0 Å². The van der Waals surface area contributed by atoms with Crippen molar-refractivity contribution in [2.45, 2.75) is 20.3 Å². The van der Waals surface area contributed by atoms with Crippen LogP contribution in [-0.4, -0.2) is 15.7 Å². The van der Waals surface area contributed by atoms with E-state index in [-0.39, 0.29) is 0 Å². The Morgan fingerprint density at radius 1 is 1.57 bits per heavy atom. The molecule has 0 aliphatic heterocycles. The fourth-order valence-electron chi connectivity index (χ4n) is 0.269. The first-order valence-electron chi connectivity index (χ1n) is 2.48. The second kappa shape index (κ2) is 4.19. The van der Waals surface area contributed by atoms with E-state index in [0.717, 1.165) is 12.2 Å². The van der Waals surface area contributed by atoms with E-state index >= 15 is 0 Å². The van der Waals surface area contributed by atoms with Gasteiger partial charge in [0.15, 0.2) is 0 Å². The normalized spacial score (nSPS) is 8.86. The van der Waals surface area contributed by atoms with E-state index in [2.05, 4.69) is 0 Å². The van der Waals surface area contributed by atoms with E-state index in [4.69, 9.17) is 4.79 Å². The van der Waals surface area contributed by atoms with Crippen molar-refractivity contribution in [3.05, 3.63) is 0 Å². The molecule has 0 radical (unpaired) electrons. The van der Waals surface area contributed by atoms with Crippen molar-refractivity contribution < 1.29 is 4.79 Å². The smallest absolute Gasteiger partial charge is 0.272 e. The Hall–Kier alpha value is 0.0200. The molecular weight excluding hydrogens is 108 g/mol. The van der Waals surface area contributed by atoms with Crippen LogP contribution in [0.25, 0.3) is 0 Å². The minimum atomic E-state index is 0.544. The first-order chi connectivity index (χ1) is 3.31. The molecule has 1 N–H and O–H groups in total. The van der Waals surface area contributed by atoms with Crippen LogP contribution in [0.4, 0.5) is 0 Å². The molecule has 0 amide bonds. The van der Waals surface area contributed by atoms with E-state index in [1.54, 1.807) is 0 Å². The van der Waals surface area contributed by atoms with Crippen LogP contribution in [0.1, 0.15) is 20.3 Å². The molecule has 1 nitrogen and oxygen atoms in total. The summed E-state index contributed by atoms with van der Waals surface area (Å²) >= 11 is 1.50. The van der Waals surface area contributed by atoms with E-state index in [9.17, 15) is 0 Å². The van der Waals surface area contributed by atoms with Gasteiger partial charge in [0, 0.05) is 5.75 Å². The van der Waals surface area contributed by atoms with Crippen LogP contribution in [0.5, 0.6) is 0 Å². The first kappa shape index (κ1) is 7.02. The average molecular weight is 119 g/mol. The Labute approximate surface area is 48.5 Å². The highest BCUT2D eigenvalue weighted by Crippen LogP contribution is 2.01. The van der Waals surface area contributed by atoms with Gasteiger partial charge in [-0.25, -0.2) is 0 Å². The van der Waals surface area contributed by atoms with Gasteiger partial charge in [-0.15, -0.1) is 0 Å². The molecule has 0 rings (SSSR count). The van der Waals surface area contributed by atoms with Gasteiger partial charge in [-0.1, -0.05) is 13.8 Å². The fraction of sp³-hybridized carbons (Fsp3) is 0.800. The van der Waals surface area contributed by atoms with Crippen LogP contribution in [0.3, 0.4) is 0 Å². The van der Waals surface area contributed by atoms with Gasteiger partial charge in [0.25, 0.3) is 0 Å². The molecule has 0 spiro atoms. The summed E-state index contributed by atoms with van der Waals surface area (Å²) in [6, 6.07) is 0. The van der Waals surface area contributed by atoms with Crippen molar-refractivity contribution in [3.8, 4) is 0 Å². The topological polar surface area (TPSA) is 21.4 Å². The lowest BCUT2D eigenvalue weighted by molar-refractivity contribution is 0.676. The summed E-state index contributed by atoms with van der Waals surface area (Å²) in [6.07, 6.45) is 0.776. The lowest BCUT2D eigenvalue weighted by Crippen LogP contribution is -1.86. The molecule has 0 aliphatic carbocycles. The largest absolute Gasteiger partial charge is 0.350 e. The van der Waals surface area contributed by atoms with Crippen LogP contribution >= 0.6 is 11.8 Å². The lowest BCUT2D eigenvalue weighted by Gasteiger charge is -1.80. The molecule has 0 saturated heterocycles. The van der Waals surface area contributed by atoms with E-state index < -0.39 is 0 Å². The van der Waals surface area contributed by atoms with Crippen LogP contribution in [0.2, 0.25) is 0 Å². The monoisotopic (exact) mass is 119 g/mol. The van der Waals surface area contributed by atoms with Gasteiger partial charge in [-0.3, -0.25) is 4.79 Å². The molecule has 0 aromatic heterocycles. The average Bonchev–Trinajstić information content (AvgIpc) is 1.68. The number of hydrogen-bond acceptors (Lipinski definition) is 1. The molecule has 42 valence electrons. The summed E-state index contributed by atoms with van der Waals surface area (Å²) in [7, 11) is 0. The Kier molecular flexibility index (Phi) is 4.20. The van der Waals surface area contributed by atoms with Gasteiger partial charge < -0.3 is 0 Å². The van der Waals surface area contributed by atoms with Crippen LogP contribution in [0, 0.1) is 0 Å². The summed E-state index contributed by atoms with van der Waals surface area (Å²) in [5.41, 5.74) is 0. The lowest BCUT2D eigenvalue weighted by atomic mass is 10.6. The SMILES string of the molecule is CCSC(=[OH+])CC. The third-order valence-electron chi connectivity index (χ3n) is 0.613. The van der Waals surface area contributed by atoms with Crippen LogP contribution < -0.4 is 0 Å². The maximum atomic E-state index is 8.74. The molecule has 0 heterocycles. The molecule has 0 bridgehead atoms. The van der Waals surface area contributed by atoms with Crippen molar-refractivity contribution in [3.63, 3.8) is 0 Å². The zero-order chi connectivity index (χ0) is 5.70. The first-order valence-corrected chi connectivity index (χ1v) is 3.47. The molecule has 0 atom stereocenters. The molecule has 2 heteroatoms. The molecule has 0 aromatic rings. The zero-order valence-corrected chi connectivity index (χ0v) is 5.59. The number of rotatable bonds is 2. The van der Waals surface area contributed by atoms with Crippen molar-refractivity contribution in [1.29, 1.82) is 0 Å². The van der Waals surface area contributed by atoms with Crippen molar-refractivity contribution in [1.82, 2.24) is 0 Å². The zero-order valence-electron chi connectivity index (χ0n) is 4.77. The van der Waals surface area contributed by atoms with Crippen molar-refractivity contribution in [2.75, 3.05) is 5.75 Å². The Morgan fingerprint density at radius 3 is 2.29 bits per heavy atom. The predicted octanol–water partition coefficient (Wildman–Crippen LogP) is 1.65. The maximum absolute atomic E-state index is 8.74. The fourth-order valence-corrected chi connectivity index (χ4v) is 0.806. The highest BCUT2D eigenvalue weighted by atomic mass is 32.2. The molecule has 0 unspecified atom stereocenters. The van der Waals surface area contributed by atoms with Gasteiger partial charge in [0.05, 0.1) is 6.42 Å². The number of carbonyl (C=O) groups excluding carboxylic acids is 1. The van der Waals surface area contributed by atoms with E-state index in [0.29, 0.717) is 5.12 Å². The van der Waals surface area contributed by atoms with Gasteiger partial charge >= 0.3 is 5.12 Å². The highest BCUT2D eigenvalue weighted by Gasteiger charge is 2.00. The third kappa shape index (κ3) is 3.86. The van der Waals surface area contributed by atoms with Gasteiger partial charge in [0.2, 0.25) is 0 Å². The molecule has 0 saturated carbocycles. The van der Waals surface area contributed by atoms with E-state index in [1.807, 2.05) is 13.8 Å². The molecule has 7 heavy (non-hydrogen) atoms. The number of thioether (sulfide) groups is 1. The Bertz CT molecular complexity index is 61.1. The Morgan fingerprint density at radius 2 is 2.14 bits per heavy atom. The second-order valence-corrected chi connectivity index (χ2v) is 2.52. The molecule has 0 aliphatic rings. The summed E-state index contributed by atoms with van der Waals surface area (Å²) in [5.74, 6) is 0.972. The summed E-state index contributed by atoms with van der Waals surface area (Å²) in [5, 5.41) is 0.544. The van der Waals surface area contributed by atoms with E-state index in [1.165, 1.54) is 11.8 Å². The van der Waals surface area contributed by atoms with Crippen molar-refractivity contribution in [2.24, 2.45) is 0 Å². The van der Waals surface area contributed by atoms with Crippen LogP contribution in [-0.2, 0) is 0 Å². The highest BCUT2D eigenvalue weighted by molar-refractivity contribution is 8.13. The third-order valence-corrected chi connectivity index (χ3v) is 1.52. The maximum Gasteiger partial charge on any atom is 0.350 e. The Balaban J connectivity index is 3.00. The van der Waals surface area contributed by atoms with Crippen molar-refractivity contribution >= 4 is 16.9 Å². The van der Waals surface area contributed by atoms with Crippen LogP contribution in [0.15, 0.2) is 0 Å². The minimum Gasteiger partial charge on any atom is -0.272 e. The predicted molar refractivity (Wildman–Crippen MR) is 35.4 cm³/mol. The quantitative estimate of drug-likeness (QED) is 0.506. The van der Waals surface area contributed by atoms with Gasteiger partial charge in [-0.05, 0) is 11.8 Å². The van der Waals surface area contributed by atoms with Gasteiger partial charge in [0.1, 0.15) is 0 Å². The molecular formula is C5H11OS+. The molecule has 0 fully saturated rings. The summed E-state index contributed by atoms with van der Waals surface area (Å²) in [4.78, 5) is 8.74. The number of hydrogen-bond donors (Lipinski definition) is 0. The minimum absolute atomic E-state index is 0.544. The summed E-state index contributed by atoms with van der Waals surface area (Å²) in [6.45, 7) is 3.97. The standard InChI is InChI=1S/C5H10OS/c1-3-5(6)7-4-2/h3-4H2,1-2H3/p+1. The molecule has 0 aromatic carbocycles. The summed E-state index contributed by atoms with van der Waals surface area (Å²) < 4.78 is 0.